The number of methoxy groups -OCH3 is 4. The van der Waals surface area contributed by atoms with E-state index < -0.39 is 0 Å². The number of hydrogen-bond acceptors (Lipinski definition) is 5. The molecule has 0 spiro atoms. The van der Waals surface area contributed by atoms with Gasteiger partial charge in [0, 0.05) is 20.1 Å². The van der Waals surface area contributed by atoms with Crippen LogP contribution in [0.15, 0.2) is 41.4 Å². The van der Waals surface area contributed by atoms with Crippen molar-refractivity contribution >= 4 is 29.9 Å². The number of rotatable bonds is 9. The predicted molar refractivity (Wildman–Crippen MR) is 131 cm³/mol. The molecule has 0 aliphatic heterocycles. The summed E-state index contributed by atoms with van der Waals surface area (Å²) in [7, 11) is 8.49. The van der Waals surface area contributed by atoms with Gasteiger partial charge in [0.2, 0.25) is 5.75 Å². The van der Waals surface area contributed by atoms with Crippen molar-refractivity contribution in [3.05, 3.63) is 47.5 Å². The van der Waals surface area contributed by atoms with Crippen LogP contribution >= 0.6 is 24.0 Å². The van der Waals surface area contributed by atoms with Gasteiger partial charge in [-0.25, -0.2) is 4.99 Å². The van der Waals surface area contributed by atoms with Gasteiger partial charge in [-0.1, -0.05) is 12.1 Å². The minimum Gasteiger partial charge on any atom is -0.497 e. The molecule has 8 heteroatoms. The maximum Gasteiger partial charge on any atom is 0.203 e. The first-order valence-corrected chi connectivity index (χ1v) is 9.47. The Bertz CT molecular complexity index is 788. The molecule has 0 atom stereocenters. The summed E-state index contributed by atoms with van der Waals surface area (Å²) in [4.78, 5) is 6.86. The molecule has 2 aromatic rings. The average molecular weight is 529 g/mol. The molecule has 2 aromatic carbocycles. The zero-order valence-electron chi connectivity index (χ0n) is 18.5. The van der Waals surface area contributed by atoms with Gasteiger partial charge in [-0.3, -0.25) is 0 Å². The second kappa shape index (κ2) is 13.0. The summed E-state index contributed by atoms with van der Waals surface area (Å²) in [5.74, 6) is 3.48. The summed E-state index contributed by atoms with van der Waals surface area (Å²) in [5, 5.41) is 3.34. The molecular formula is C22H32IN3O4. The Morgan fingerprint density at radius 2 is 1.50 bits per heavy atom. The van der Waals surface area contributed by atoms with Crippen LogP contribution < -0.4 is 24.3 Å². The van der Waals surface area contributed by atoms with E-state index in [1.165, 1.54) is 5.56 Å². The lowest BCUT2D eigenvalue weighted by atomic mass is 10.2. The molecule has 2 rings (SSSR count). The molecule has 0 aliphatic rings. The van der Waals surface area contributed by atoms with Crippen LogP contribution in [-0.4, -0.2) is 52.9 Å². The van der Waals surface area contributed by atoms with Gasteiger partial charge >= 0.3 is 0 Å². The molecule has 0 heterocycles. The van der Waals surface area contributed by atoms with Gasteiger partial charge in [-0.2, -0.15) is 0 Å². The summed E-state index contributed by atoms with van der Waals surface area (Å²) in [6.45, 7) is 4.04. The number of ether oxygens (including phenoxy) is 4. The van der Waals surface area contributed by atoms with E-state index in [-0.39, 0.29) is 24.0 Å². The Kier molecular flexibility index (Phi) is 11.2. The van der Waals surface area contributed by atoms with Crippen molar-refractivity contribution in [3.8, 4) is 23.0 Å². The Hall–Kier alpha value is -2.36. The fraction of sp³-hybridized carbons (Fsp3) is 0.409. The first-order chi connectivity index (χ1) is 14.1. The minimum absolute atomic E-state index is 0. The van der Waals surface area contributed by atoms with Gasteiger partial charge in [0.15, 0.2) is 17.5 Å². The summed E-state index contributed by atoms with van der Waals surface area (Å²) in [6, 6.07) is 11.9. The Labute approximate surface area is 196 Å². The van der Waals surface area contributed by atoms with Gasteiger partial charge in [0.1, 0.15) is 5.75 Å². The van der Waals surface area contributed by atoms with E-state index in [0.29, 0.717) is 23.8 Å². The number of halogens is 1. The van der Waals surface area contributed by atoms with Crippen molar-refractivity contribution in [2.75, 3.05) is 42.0 Å². The zero-order chi connectivity index (χ0) is 21.2. The molecule has 7 nitrogen and oxygen atoms in total. The summed E-state index contributed by atoms with van der Waals surface area (Å²) in [6.07, 6.45) is 0. The van der Waals surface area contributed by atoms with Crippen LogP contribution in [0.3, 0.4) is 0 Å². The molecule has 0 saturated carbocycles. The van der Waals surface area contributed by atoms with Gasteiger partial charge in [0.25, 0.3) is 0 Å². The summed E-state index contributed by atoms with van der Waals surface area (Å²) in [5.41, 5.74) is 2.14. The third kappa shape index (κ3) is 6.86. The van der Waals surface area contributed by atoms with Gasteiger partial charge < -0.3 is 29.2 Å². The molecular weight excluding hydrogens is 497 g/mol. The molecule has 0 amide bonds. The summed E-state index contributed by atoms with van der Waals surface area (Å²) < 4.78 is 21.5. The van der Waals surface area contributed by atoms with E-state index in [4.69, 9.17) is 23.9 Å². The van der Waals surface area contributed by atoms with Crippen molar-refractivity contribution in [1.29, 1.82) is 0 Å². The monoisotopic (exact) mass is 529 g/mol. The lowest BCUT2D eigenvalue weighted by molar-refractivity contribution is 0.324. The normalized spacial score (nSPS) is 10.7. The highest BCUT2D eigenvalue weighted by molar-refractivity contribution is 14.0. The Morgan fingerprint density at radius 3 is 1.97 bits per heavy atom. The fourth-order valence-corrected chi connectivity index (χ4v) is 2.94. The second-order valence-electron chi connectivity index (χ2n) is 6.41. The Morgan fingerprint density at radius 1 is 0.900 bits per heavy atom. The molecule has 0 bridgehead atoms. The SMILES string of the molecule is CCNC(=NCc1cc(OC)c(OC)c(OC)c1)N(C)Cc1ccc(OC)cc1.I. The van der Waals surface area contributed by atoms with Crippen molar-refractivity contribution in [2.45, 2.75) is 20.0 Å². The fourth-order valence-electron chi connectivity index (χ4n) is 2.94. The molecule has 0 radical (unpaired) electrons. The lowest BCUT2D eigenvalue weighted by Gasteiger charge is -2.22. The van der Waals surface area contributed by atoms with Crippen LogP contribution in [0.1, 0.15) is 18.1 Å². The second-order valence-corrected chi connectivity index (χ2v) is 6.41. The molecule has 166 valence electrons. The largest absolute Gasteiger partial charge is 0.497 e. The van der Waals surface area contributed by atoms with Gasteiger partial charge in [-0.05, 0) is 42.3 Å². The lowest BCUT2D eigenvalue weighted by Crippen LogP contribution is -2.38. The van der Waals surface area contributed by atoms with E-state index in [9.17, 15) is 0 Å². The van der Waals surface area contributed by atoms with Crippen LogP contribution in [0, 0.1) is 0 Å². The summed E-state index contributed by atoms with van der Waals surface area (Å²) >= 11 is 0. The number of nitrogens with zero attached hydrogens (tertiary/aromatic N) is 2. The van der Waals surface area contributed by atoms with E-state index >= 15 is 0 Å². The number of guanidine groups is 1. The van der Waals surface area contributed by atoms with Crippen molar-refractivity contribution in [1.82, 2.24) is 10.2 Å². The number of nitrogens with one attached hydrogen (secondary N) is 1. The minimum atomic E-state index is 0. The molecule has 0 aliphatic carbocycles. The van der Waals surface area contributed by atoms with Crippen molar-refractivity contribution in [2.24, 2.45) is 4.99 Å². The third-order valence-electron chi connectivity index (χ3n) is 4.41. The highest BCUT2D eigenvalue weighted by Crippen LogP contribution is 2.38. The highest BCUT2D eigenvalue weighted by atomic mass is 127. The smallest absolute Gasteiger partial charge is 0.203 e. The molecule has 0 aromatic heterocycles. The topological polar surface area (TPSA) is 64.6 Å². The van der Waals surface area contributed by atoms with Crippen LogP contribution in [0.2, 0.25) is 0 Å². The third-order valence-corrected chi connectivity index (χ3v) is 4.41. The molecule has 1 N–H and O–H groups in total. The molecule has 30 heavy (non-hydrogen) atoms. The van der Waals surface area contributed by atoms with E-state index in [0.717, 1.165) is 30.4 Å². The number of aliphatic imine (C=N–C) groups is 1. The quantitative estimate of drug-likeness (QED) is 0.302. The van der Waals surface area contributed by atoms with Crippen molar-refractivity contribution < 1.29 is 18.9 Å². The standard InChI is InChI=1S/C22H31N3O4.HI/c1-7-23-22(25(2)15-16-8-10-18(26-3)11-9-16)24-14-17-12-19(27-4)21(29-6)20(13-17)28-5;/h8-13H,7,14-15H2,1-6H3,(H,23,24);1H. The average Bonchev–Trinajstić information content (AvgIpc) is 2.76. The maximum absolute atomic E-state index is 5.43. The Balaban J connectivity index is 0.00000450. The maximum atomic E-state index is 5.43. The van der Waals surface area contributed by atoms with Crippen LogP contribution in [0.4, 0.5) is 0 Å². The van der Waals surface area contributed by atoms with Crippen molar-refractivity contribution in [3.63, 3.8) is 0 Å². The van der Waals surface area contributed by atoms with E-state index in [2.05, 4.69) is 29.3 Å². The number of hydrogen-bond donors (Lipinski definition) is 1. The van der Waals surface area contributed by atoms with Gasteiger partial charge in [0.05, 0.1) is 35.0 Å². The molecule has 0 fully saturated rings. The van der Waals surface area contributed by atoms with Crippen LogP contribution in [0.25, 0.3) is 0 Å². The van der Waals surface area contributed by atoms with Crippen LogP contribution in [-0.2, 0) is 13.1 Å². The zero-order valence-corrected chi connectivity index (χ0v) is 20.9. The first-order valence-electron chi connectivity index (χ1n) is 9.47. The first kappa shape index (κ1) is 25.7. The van der Waals surface area contributed by atoms with Gasteiger partial charge in [-0.15, -0.1) is 24.0 Å². The van der Waals surface area contributed by atoms with Crippen LogP contribution in [0.5, 0.6) is 23.0 Å². The number of benzene rings is 2. The molecule has 0 unspecified atom stereocenters. The predicted octanol–water partition coefficient (Wildman–Crippen LogP) is 3.94. The van der Waals surface area contributed by atoms with E-state index in [1.54, 1.807) is 28.4 Å². The van der Waals surface area contributed by atoms with E-state index in [1.807, 2.05) is 31.3 Å². The highest BCUT2D eigenvalue weighted by Gasteiger charge is 2.13. The molecule has 0 saturated heterocycles.